The standard InChI is InChI=1S/C30H26N4O6/c1-38-22-15-11-20(12-16-22)33-28(35)19-9-13-21(14-10-19)34-26(30(37)40-3)25(29(36)39-2)24(23(17-31)27(34)32)18-7-5-4-6-8-18/h4-16,24H,32H2,1-3H3,(H,33,35). The fourth-order valence-electron chi connectivity index (χ4n) is 4.42. The van der Waals surface area contributed by atoms with Crippen LogP contribution in [0.15, 0.2) is 102 Å². The number of nitrogens with two attached hydrogens (primary N) is 1. The van der Waals surface area contributed by atoms with Gasteiger partial charge >= 0.3 is 11.9 Å². The summed E-state index contributed by atoms with van der Waals surface area (Å²) in [5.74, 6) is -2.45. The normalized spacial score (nSPS) is 14.8. The van der Waals surface area contributed by atoms with Gasteiger partial charge in [-0.25, -0.2) is 9.59 Å². The number of esters is 2. The smallest absolute Gasteiger partial charge is 0.355 e. The zero-order valence-electron chi connectivity index (χ0n) is 22.0. The van der Waals surface area contributed by atoms with Crippen LogP contribution in [0.5, 0.6) is 5.75 Å². The number of amides is 1. The maximum atomic E-state index is 13.2. The SMILES string of the molecule is COC(=O)C1=C(C(=O)OC)N(c2ccc(C(=O)Nc3ccc(OC)cc3)cc2)C(N)=C(C#N)C1c1ccccc1. The van der Waals surface area contributed by atoms with Crippen LogP contribution in [0.1, 0.15) is 21.8 Å². The minimum Gasteiger partial charge on any atom is -0.497 e. The quantitative estimate of drug-likeness (QED) is 0.429. The predicted molar refractivity (Wildman–Crippen MR) is 147 cm³/mol. The summed E-state index contributed by atoms with van der Waals surface area (Å²) >= 11 is 0. The van der Waals surface area contributed by atoms with Gasteiger partial charge in [0.2, 0.25) is 0 Å². The number of benzene rings is 3. The van der Waals surface area contributed by atoms with Crippen molar-refractivity contribution in [2.75, 3.05) is 31.5 Å². The molecule has 3 aromatic carbocycles. The Kier molecular flexibility index (Phi) is 8.16. The Bertz CT molecular complexity index is 1540. The molecule has 4 rings (SSSR count). The molecule has 1 heterocycles. The molecule has 3 N–H and O–H groups in total. The number of allylic oxidation sites excluding steroid dienone is 1. The van der Waals surface area contributed by atoms with Gasteiger partial charge in [0.25, 0.3) is 5.91 Å². The van der Waals surface area contributed by atoms with E-state index in [1.807, 2.05) is 0 Å². The molecule has 0 aromatic heterocycles. The molecular weight excluding hydrogens is 512 g/mol. The van der Waals surface area contributed by atoms with Crippen LogP contribution >= 0.6 is 0 Å². The molecule has 0 saturated heterocycles. The van der Waals surface area contributed by atoms with E-state index in [9.17, 15) is 19.6 Å². The highest BCUT2D eigenvalue weighted by Crippen LogP contribution is 2.43. The molecule has 10 heteroatoms. The molecule has 0 bridgehead atoms. The van der Waals surface area contributed by atoms with Gasteiger partial charge in [0.05, 0.1) is 44.5 Å². The van der Waals surface area contributed by atoms with Crippen molar-refractivity contribution in [3.8, 4) is 11.8 Å². The first-order valence-electron chi connectivity index (χ1n) is 12.1. The van der Waals surface area contributed by atoms with Crippen molar-refractivity contribution >= 4 is 29.2 Å². The lowest BCUT2D eigenvalue weighted by molar-refractivity contribution is -0.139. The Morgan fingerprint density at radius 2 is 1.50 bits per heavy atom. The van der Waals surface area contributed by atoms with E-state index in [1.54, 1.807) is 73.8 Å². The molecule has 0 aliphatic carbocycles. The van der Waals surface area contributed by atoms with Crippen molar-refractivity contribution in [3.05, 3.63) is 113 Å². The van der Waals surface area contributed by atoms with Crippen molar-refractivity contribution < 1.29 is 28.6 Å². The predicted octanol–water partition coefficient (Wildman–Crippen LogP) is 3.85. The maximum Gasteiger partial charge on any atom is 0.355 e. The second kappa shape index (κ2) is 11.9. The van der Waals surface area contributed by atoms with Gasteiger partial charge in [-0.05, 0) is 54.1 Å². The van der Waals surface area contributed by atoms with E-state index < -0.39 is 17.9 Å². The molecule has 40 heavy (non-hydrogen) atoms. The van der Waals surface area contributed by atoms with Gasteiger partial charge in [-0.1, -0.05) is 30.3 Å². The van der Waals surface area contributed by atoms with E-state index in [1.165, 1.54) is 31.3 Å². The number of nitrogens with zero attached hydrogens (tertiary/aromatic N) is 2. The van der Waals surface area contributed by atoms with Crippen molar-refractivity contribution in [3.63, 3.8) is 0 Å². The highest BCUT2D eigenvalue weighted by atomic mass is 16.5. The average Bonchev–Trinajstić information content (AvgIpc) is 3.00. The summed E-state index contributed by atoms with van der Waals surface area (Å²) in [7, 11) is 3.91. The van der Waals surface area contributed by atoms with Gasteiger partial charge in [0.15, 0.2) is 0 Å². The number of anilines is 2. The molecule has 1 amide bonds. The van der Waals surface area contributed by atoms with Gasteiger partial charge in [0, 0.05) is 16.9 Å². The van der Waals surface area contributed by atoms with Gasteiger partial charge in [-0.2, -0.15) is 5.26 Å². The third kappa shape index (κ3) is 5.21. The molecule has 0 saturated carbocycles. The number of carbonyl (C=O) groups is 3. The van der Waals surface area contributed by atoms with Crippen LogP contribution in [-0.4, -0.2) is 39.2 Å². The van der Waals surface area contributed by atoms with Crippen molar-refractivity contribution in [1.29, 1.82) is 5.26 Å². The minimum atomic E-state index is -0.974. The molecule has 0 fully saturated rings. The Labute approximate surface area is 230 Å². The van der Waals surface area contributed by atoms with E-state index in [4.69, 9.17) is 19.9 Å². The third-order valence-electron chi connectivity index (χ3n) is 6.35. The molecule has 1 unspecified atom stereocenters. The number of nitriles is 1. The fourth-order valence-corrected chi connectivity index (χ4v) is 4.42. The van der Waals surface area contributed by atoms with Crippen molar-refractivity contribution in [2.45, 2.75) is 5.92 Å². The third-order valence-corrected chi connectivity index (χ3v) is 6.35. The lowest BCUT2D eigenvalue weighted by Crippen LogP contribution is -2.40. The molecule has 0 radical (unpaired) electrons. The second-order valence-electron chi connectivity index (χ2n) is 8.56. The molecule has 3 aromatic rings. The molecule has 10 nitrogen and oxygen atoms in total. The van der Waals surface area contributed by atoms with E-state index in [-0.39, 0.29) is 28.6 Å². The van der Waals surface area contributed by atoms with Crippen molar-refractivity contribution in [2.24, 2.45) is 5.73 Å². The number of hydrogen-bond acceptors (Lipinski definition) is 9. The van der Waals surface area contributed by atoms with E-state index in [2.05, 4.69) is 11.4 Å². The molecular formula is C30H26N4O6. The van der Waals surface area contributed by atoms with Crippen LogP contribution in [-0.2, 0) is 19.1 Å². The number of nitrogens with one attached hydrogen (secondary N) is 1. The topological polar surface area (TPSA) is 144 Å². The highest BCUT2D eigenvalue weighted by Gasteiger charge is 2.43. The Hall–Kier alpha value is -5.56. The van der Waals surface area contributed by atoms with Gasteiger partial charge in [-0.15, -0.1) is 0 Å². The first-order chi connectivity index (χ1) is 19.3. The molecule has 0 spiro atoms. The van der Waals surface area contributed by atoms with Crippen LogP contribution < -0.4 is 20.7 Å². The number of hydrogen-bond donors (Lipinski definition) is 2. The molecule has 202 valence electrons. The fraction of sp³-hybridized carbons (Fsp3) is 0.133. The summed E-state index contributed by atoms with van der Waals surface area (Å²) < 4.78 is 15.2. The minimum absolute atomic E-state index is 0.0422. The van der Waals surface area contributed by atoms with Gasteiger partial charge < -0.3 is 25.3 Å². The first-order valence-corrected chi connectivity index (χ1v) is 12.1. The van der Waals surface area contributed by atoms with Crippen LogP contribution in [0.3, 0.4) is 0 Å². The Morgan fingerprint density at radius 1 is 0.875 bits per heavy atom. The summed E-state index contributed by atoms with van der Waals surface area (Å²) in [6.45, 7) is 0. The van der Waals surface area contributed by atoms with Crippen LogP contribution in [0.25, 0.3) is 0 Å². The number of methoxy groups -OCH3 is 3. The molecule has 1 aliphatic heterocycles. The van der Waals surface area contributed by atoms with E-state index >= 15 is 0 Å². The highest BCUT2D eigenvalue weighted by molar-refractivity contribution is 6.07. The van der Waals surface area contributed by atoms with Crippen LogP contribution in [0, 0.1) is 11.3 Å². The number of carbonyl (C=O) groups excluding carboxylic acids is 3. The second-order valence-corrected chi connectivity index (χ2v) is 8.56. The molecule has 1 aliphatic rings. The zero-order valence-corrected chi connectivity index (χ0v) is 22.0. The molecule has 1 atom stereocenters. The summed E-state index contributed by atoms with van der Waals surface area (Å²) in [4.78, 5) is 40.4. The zero-order chi connectivity index (χ0) is 28.8. The Morgan fingerprint density at radius 3 is 2.05 bits per heavy atom. The summed E-state index contributed by atoms with van der Waals surface area (Å²) in [5, 5.41) is 12.9. The maximum absolute atomic E-state index is 13.2. The first kappa shape index (κ1) is 27.5. The van der Waals surface area contributed by atoms with Crippen LogP contribution in [0.4, 0.5) is 11.4 Å². The van der Waals surface area contributed by atoms with E-state index in [0.717, 1.165) is 0 Å². The lowest BCUT2D eigenvalue weighted by Gasteiger charge is -2.35. The largest absolute Gasteiger partial charge is 0.497 e. The number of ether oxygens (including phenoxy) is 3. The average molecular weight is 539 g/mol. The Balaban J connectivity index is 1.79. The summed E-state index contributed by atoms with van der Waals surface area (Å²) in [6.07, 6.45) is 0. The number of rotatable bonds is 7. The summed E-state index contributed by atoms with van der Waals surface area (Å²) in [6, 6.07) is 23.8. The van der Waals surface area contributed by atoms with Gasteiger partial charge in [-0.3, -0.25) is 9.69 Å². The van der Waals surface area contributed by atoms with Crippen LogP contribution in [0.2, 0.25) is 0 Å². The van der Waals surface area contributed by atoms with E-state index in [0.29, 0.717) is 28.3 Å². The van der Waals surface area contributed by atoms with Crippen molar-refractivity contribution in [1.82, 2.24) is 0 Å². The summed E-state index contributed by atoms with van der Waals surface area (Å²) in [5.41, 5.74) is 8.02. The lowest BCUT2D eigenvalue weighted by atomic mass is 9.81. The monoisotopic (exact) mass is 538 g/mol. The van der Waals surface area contributed by atoms with Gasteiger partial charge in [0.1, 0.15) is 17.3 Å².